The van der Waals surface area contributed by atoms with Gasteiger partial charge in [0.05, 0.1) is 20.7 Å². The molecular formula is C14H13BrN4OS2. The number of rotatable bonds is 4. The van der Waals surface area contributed by atoms with E-state index in [2.05, 4.69) is 36.4 Å². The minimum Gasteiger partial charge on any atom is -0.296 e. The van der Waals surface area contributed by atoms with Gasteiger partial charge in [-0.25, -0.2) is 4.98 Å². The number of hydrogen-bond donors (Lipinski definition) is 2. The standard InChI is InChI=1S/C14H13BrN4OS2/c1-7(2)11-10(15)12(19-18-11)13(20)17-14-16-8(6-22-14)9-4-3-5-21-9/h3-7H,1-2H3,(H,18,19)(H,16,17,20). The lowest BCUT2D eigenvalue weighted by atomic mass is 10.1. The SMILES string of the molecule is CC(C)c1[nH]nc(C(=O)Nc2nc(-c3cccs3)cs2)c1Br. The molecule has 0 aliphatic heterocycles. The molecule has 0 bridgehead atoms. The van der Waals surface area contributed by atoms with Crippen LogP contribution in [0.4, 0.5) is 5.13 Å². The Morgan fingerprint density at radius 2 is 2.23 bits per heavy atom. The number of aromatic amines is 1. The van der Waals surface area contributed by atoms with Gasteiger partial charge in [-0.15, -0.1) is 22.7 Å². The smallest absolute Gasteiger partial charge is 0.279 e. The van der Waals surface area contributed by atoms with Crippen LogP contribution in [0.25, 0.3) is 10.6 Å². The number of amides is 1. The van der Waals surface area contributed by atoms with Crippen molar-refractivity contribution < 1.29 is 4.79 Å². The monoisotopic (exact) mass is 396 g/mol. The Kier molecular flexibility index (Phi) is 4.42. The molecule has 0 saturated heterocycles. The summed E-state index contributed by atoms with van der Waals surface area (Å²) in [7, 11) is 0. The number of H-pyrrole nitrogens is 1. The van der Waals surface area contributed by atoms with Crippen molar-refractivity contribution in [2.75, 3.05) is 5.32 Å². The second kappa shape index (κ2) is 6.31. The second-order valence-electron chi connectivity index (χ2n) is 4.92. The molecule has 3 rings (SSSR count). The molecular weight excluding hydrogens is 384 g/mol. The van der Waals surface area contributed by atoms with E-state index in [0.29, 0.717) is 15.3 Å². The van der Waals surface area contributed by atoms with E-state index in [1.807, 2.05) is 36.7 Å². The van der Waals surface area contributed by atoms with Gasteiger partial charge in [0.2, 0.25) is 0 Å². The van der Waals surface area contributed by atoms with Gasteiger partial charge < -0.3 is 0 Å². The second-order valence-corrected chi connectivity index (χ2v) is 7.52. The molecule has 0 saturated carbocycles. The maximum Gasteiger partial charge on any atom is 0.279 e. The Bertz CT molecular complexity index is 792. The summed E-state index contributed by atoms with van der Waals surface area (Å²) in [6, 6.07) is 3.98. The molecule has 0 spiro atoms. The van der Waals surface area contributed by atoms with Crippen LogP contribution < -0.4 is 5.32 Å². The zero-order valence-corrected chi connectivity index (χ0v) is 15.1. The molecule has 3 heterocycles. The highest BCUT2D eigenvalue weighted by atomic mass is 79.9. The van der Waals surface area contributed by atoms with Crippen molar-refractivity contribution in [1.29, 1.82) is 0 Å². The number of carbonyl (C=O) groups excluding carboxylic acids is 1. The summed E-state index contributed by atoms with van der Waals surface area (Å²) in [5.41, 5.74) is 2.12. The Balaban J connectivity index is 1.77. The van der Waals surface area contributed by atoms with E-state index < -0.39 is 0 Å². The topological polar surface area (TPSA) is 70.7 Å². The number of hydrogen-bond acceptors (Lipinski definition) is 5. The average Bonchev–Trinajstić information content (AvgIpc) is 3.16. The summed E-state index contributed by atoms with van der Waals surface area (Å²) in [4.78, 5) is 17.8. The molecule has 22 heavy (non-hydrogen) atoms. The number of nitrogens with one attached hydrogen (secondary N) is 2. The minimum absolute atomic E-state index is 0.258. The Morgan fingerprint density at radius 3 is 2.86 bits per heavy atom. The van der Waals surface area contributed by atoms with E-state index in [4.69, 9.17) is 0 Å². The summed E-state index contributed by atoms with van der Waals surface area (Å²) in [5.74, 6) is -0.0178. The third kappa shape index (κ3) is 2.99. The van der Waals surface area contributed by atoms with Crippen LogP contribution in [0.3, 0.4) is 0 Å². The summed E-state index contributed by atoms with van der Waals surface area (Å²) < 4.78 is 0.704. The molecule has 3 aromatic rings. The molecule has 1 amide bonds. The fraction of sp³-hybridized carbons (Fsp3) is 0.214. The number of thiazole rings is 1. The van der Waals surface area contributed by atoms with Gasteiger partial charge in [0.25, 0.3) is 5.91 Å². The van der Waals surface area contributed by atoms with Crippen LogP contribution in [-0.2, 0) is 0 Å². The highest BCUT2D eigenvalue weighted by Gasteiger charge is 2.20. The van der Waals surface area contributed by atoms with E-state index in [9.17, 15) is 4.79 Å². The lowest BCUT2D eigenvalue weighted by Gasteiger charge is -2.01. The van der Waals surface area contributed by atoms with Gasteiger partial charge in [0.15, 0.2) is 10.8 Å². The third-order valence-electron chi connectivity index (χ3n) is 3.02. The van der Waals surface area contributed by atoms with Crippen LogP contribution in [0, 0.1) is 0 Å². The van der Waals surface area contributed by atoms with Crippen LogP contribution in [-0.4, -0.2) is 21.1 Å². The summed E-state index contributed by atoms with van der Waals surface area (Å²) in [6.45, 7) is 4.07. The summed E-state index contributed by atoms with van der Waals surface area (Å²) >= 11 is 6.45. The van der Waals surface area contributed by atoms with E-state index in [1.165, 1.54) is 11.3 Å². The fourth-order valence-corrected chi connectivity index (χ4v) is 4.18. The molecule has 114 valence electrons. The maximum atomic E-state index is 12.3. The van der Waals surface area contributed by atoms with E-state index >= 15 is 0 Å². The van der Waals surface area contributed by atoms with Gasteiger partial charge in [0.1, 0.15) is 0 Å². The molecule has 0 atom stereocenters. The predicted octanol–water partition coefficient (Wildman–Crippen LogP) is 4.73. The van der Waals surface area contributed by atoms with Crippen molar-refractivity contribution in [3.05, 3.63) is 38.8 Å². The van der Waals surface area contributed by atoms with Crippen molar-refractivity contribution in [2.45, 2.75) is 19.8 Å². The van der Waals surface area contributed by atoms with Crippen LogP contribution in [0.15, 0.2) is 27.4 Å². The van der Waals surface area contributed by atoms with E-state index in [0.717, 1.165) is 16.3 Å². The molecule has 5 nitrogen and oxygen atoms in total. The minimum atomic E-state index is -0.276. The largest absolute Gasteiger partial charge is 0.296 e. The quantitative estimate of drug-likeness (QED) is 0.669. The van der Waals surface area contributed by atoms with Crippen molar-refractivity contribution in [3.8, 4) is 10.6 Å². The number of halogens is 1. The molecule has 0 radical (unpaired) electrons. The van der Waals surface area contributed by atoms with Crippen molar-refractivity contribution in [1.82, 2.24) is 15.2 Å². The van der Waals surface area contributed by atoms with Crippen LogP contribution in [0.1, 0.15) is 35.9 Å². The van der Waals surface area contributed by atoms with Crippen LogP contribution >= 0.6 is 38.6 Å². The summed E-state index contributed by atoms with van der Waals surface area (Å²) in [6.07, 6.45) is 0. The van der Waals surface area contributed by atoms with Gasteiger partial charge in [-0.2, -0.15) is 5.10 Å². The van der Waals surface area contributed by atoms with E-state index in [-0.39, 0.29) is 11.8 Å². The highest BCUT2D eigenvalue weighted by molar-refractivity contribution is 9.10. The van der Waals surface area contributed by atoms with Crippen molar-refractivity contribution >= 4 is 49.6 Å². The van der Waals surface area contributed by atoms with Gasteiger partial charge >= 0.3 is 0 Å². The molecule has 8 heteroatoms. The number of anilines is 1. The van der Waals surface area contributed by atoms with Crippen LogP contribution in [0.5, 0.6) is 0 Å². The maximum absolute atomic E-state index is 12.3. The normalized spacial score (nSPS) is 11.1. The van der Waals surface area contributed by atoms with Crippen LogP contribution in [0.2, 0.25) is 0 Å². The molecule has 0 aromatic carbocycles. The molecule has 0 fully saturated rings. The van der Waals surface area contributed by atoms with Crippen molar-refractivity contribution in [3.63, 3.8) is 0 Å². The Hall–Kier alpha value is -1.51. The average molecular weight is 397 g/mol. The number of aromatic nitrogens is 3. The highest BCUT2D eigenvalue weighted by Crippen LogP contribution is 2.29. The van der Waals surface area contributed by atoms with Gasteiger partial charge in [-0.1, -0.05) is 19.9 Å². The van der Waals surface area contributed by atoms with Gasteiger partial charge in [-0.3, -0.25) is 15.2 Å². The first-order valence-electron chi connectivity index (χ1n) is 6.60. The molecule has 3 aromatic heterocycles. The lowest BCUT2D eigenvalue weighted by molar-refractivity contribution is 0.102. The third-order valence-corrected chi connectivity index (χ3v) is 5.48. The number of nitrogens with zero attached hydrogens (tertiary/aromatic N) is 2. The first-order valence-corrected chi connectivity index (χ1v) is 9.16. The molecule has 0 aliphatic rings. The zero-order chi connectivity index (χ0) is 15.7. The lowest BCUT2D eigenvalue weighted by Crippen LogP contribution is -2.12. The number of carbonyl (C=O) groups is 1. The predicted molar refractivity (Wildman–Crippen MR) is 93.8 cm³/mol. The van der Waals surface area contributed by atoms with Gasteiger partial charge in [-0.05, 0) is 33.3 Å². The van der Waals surface area contributed by atoms with Crippen molar-refractivity contribution in [2.24, 2.45) is 0 Å². The Morgan fingerprint density at radius 1 is 1.41 bits per heavy atom. The molecule has 2 N–H and O–H groups in total. The first-order chi connectivity index (χ1) is 10.6. The fourth-order valence-electron chi connectivity index (χ4n) is 1.90. The van der Waals surface area contributed by atoms with Gasteiger partial charge in [0, 0.05) is 5.38 Å². The molecule has 0 unspecified atom stereocenters. The summed E-state index contributed by atoms with van der Waals surface area (Å²) in [5, 5.41) is 14.3. The zero-order valence-electron chi connectivity index (χ0n) is 11.9. The Labute approximate surface area is 143 Å². The molecule has 0 aliphatic carbocycles. The number of thiophene rings is 1. The van der Waals surface area contributed by atoms with E-state index in [1.54, 1.807) is 11.3 Å². The first kappa shape index (κ1) is 15.4.